The van der Waals surface area contributed by atoms with Gasteiger partial charge in [-0.3, -0.25) is 4.90 Å². The van der Waals surface area contributed by atoms with Gasteiger partial charge in [0.1, 0.15) is 0 Å². The van der Waals surface area contributed by atoms with Crippen molar-refractivity contribution in [2.45, 2.75) is 56.5 Å². The third kappa shape index (κ3) is 3.18. The standard InChI is InChI=1S/C19H27NO3/c21-18(6-8-19(9-7-18)22-12-13-23-19)17-5-3-4-16(14-17)15-20-10-1-2-11-20/h3-5,14,21H,1-2,6-13,15H2. The maximum Gasteiger partial charge on any atom is 0.168 e. The first kappa shape index (κ1) is 15.6. The number of ether oxygens (including phenoxy) is 2. The van der Waals surface area contributed by atoms with E-state index in [1.54, 1.807) is 0 Å². The van der Waals surface area contributed by atoms with Crippen LogP contribution in [0.1, 0.15) is 49.7 Å². The molecule has 1 spiro atoms. The Hall–Kier alpha value is -0.940. The number of hydrogen-bond donors (Lipinski definition) is 1. The van der Waals surface area contributed by atoms with E-state index < -0.39 is 11.4 Å². The highest BCUT2D eigenvalue weighted by molar-refractivity contribution is 5.29. The van der Waals surface area contributed by atoms with Crippen molar-refractivity contribution < 1.29 is 14.6 Å². The predicted octanol–water partition coefficient (Wildman–Crippen LogP) is 2.79. The van der Waals surface area contributed by atoms with E-state index in [9.17, 15) is 5.11 Å². The van der Waals surface area contributed by atoms with Gasteiger partial charge in [0.15, 0.2) is 5.79 Å². The van der Waals surface area contributed by atoms with Crippen LogP contribution < -0.4 is 0 Å². The molecule has 2 heterocycles. The van der Waals surface area contributed by atoms with Gasteiger partial charge in [-0.05, 0) is 49.9 Å². The molecule has 1 aromatic carbocycles. The zero-order valence-corrected chi connectivity index (χ0v) is 13.8. The maximum absolute atomic E-state index is 11.1. The fraction of sp³-hybridized carbons (Fsp3) is 0.684. The second-order valence-corrected chi connectivity index (χ2v) is 7.32. The van der Waals surface area contributed by atoms with Crippen LogP contribution in [0, 0.1) is 0 Å². The fourth-order valence-electron chi connectivity index (χ4n) is 4.28. The van der Waals surface area contributed by atoms with Gasteiger partial charge in [0, 0.05) is 19.4 Å². The summed E-state index contributed by atoms with van der Waals surface area (Å²) < 4.78 is 11.6. The van der Waals surface area contributed by atoms with Gasteiger partial charge in [-0.15, -0.1) is 0 Å². The minimum atomic E-state index is -0.735. The summed E-state index contributed by atoms with van der Waals surface area (Å²) in [5.41, 5.74) is 1.63. The first-order chi connectivity index (χ1) is 11.2. The second kappa shape index (κ2) is 6.17. The first-order valence-corrected chi connectivity index (χ1v) is 9.00. The lowest BCUT2D eigenvalue weighted by Crippen LogP contribution is -2.42. The topological polar surface area (TPSA) is 41.9 Å². The van der Waals surface area contributed by atoms with E-state index in [1.165, 1.54) is 31.5 Å². The van der Waals surface area contributed by atoms with Crippen molar-refractivity contribution in [1.29, 1.82) is 0 Å². The smallest absolute Gasteiger partial charge is 0.168 e. The van der Waals surface area contributed by atoms with Gasteiger partial charge >= 0.3 is 0 Å². The van der Waals surface area contributed by atoms with Crippen LogP contribution in [0.2, 0.25) is 0 Å². The van der Waals surface area contributed by atoms with Gasteiger partial charge in [-0.2, -0.15) is 0 Å². The molecule has 1 saturated carbocycles. The first-order valence-electron chi connectivity index (χ1n) is 9.00. The summed E-state index contributed by atoms with van der Waals surface area (Å²) in [4.78, 5) is 2.50. The second-order valence-electron chi connectivity index (χ2n) is 7.32. The monoisotopic (exact) mass is 317 g/mol. The predicted molar refractivity (Wildman–Crippen MR) is 88.0 cm³/mol. The summed E-state index contributed by atoms with van der Waals surface area (Å²) >= 11 is 0. The Morgan fingerprint density at radius 1 is 1.00 bits per heavy atom. The molecule has 3 aliphatic rings. The molecule has 4 heteroatoms. The number of benzene rings is 1. The number of aliphatic hydroxyl groups is 1. The van der Waals surface area contributed by atoms with Gasteiger partial charge in [0.05, 0.1) is 18.8 Å². The highest BCUT2D eigenvalue weighted by Crippen LogP contribution is 2.44. The molecule has 0 unspecified atom stereocenters. The van der Waals surface area contributed by atoms with E-state index in [4.69, 9.17) is 9.47 Å². The summed E-state index contributed by atoms with van der Waals surface area (Å²) in [5.74, 6) is -0.417. The zero-order valence-electron chi connectivity index (χ0n) is 13.8. The minimum Gasteiger partial charge on any atom is -0.385 e. The van der Waals surface area contributed by atoms with Crippen molar-refractivity contribution in [2.75, 3.05) is 26.3 Å². The molecule has 4 rings (SSSR count). The summed E-state index contributed by atoms with van der Waals surface area (Å²) in [5, 5.41) is 11.1. The van der Waals surface area contributed by atoms with Crippen molar-refractivity contribution in [2.24, 2.45) is 0 Å². The SMILES string of the molecule is OC1(c2cccc(CN3CCCC3)c2)CCC2(CC1)OCCO2. The Morgan fingerprint density at radius 3 is 2.39 bits per heavy atom. The van der Waals surface area contributed by atoms with Crippen molar-refractivity contribution in [3.05, 3.63) is 35.4 Å². The molecule has 0 aromatic heterocycles. The van der Waals surface area contributed by atoms with E-state index in [2.05, 4.69) is 29.2 Å². The van der Waals surface area contributed by atoms with E-state index in [0.717, 1.165) is 24.9 Å². The minimum absolute atomic E-state index is 0.417. The molecule has 0 bridgehead atoms. The quantitative estimate of drug-likeness (QED) is 0.931. The van der Waals surface area contributed by atoms with E-state index in [0.29, 0.717) is 26.1 Å². The third-order valence-corrected chi connectivity index (χ3v) is 5.72. The van der Waals surface area contributed by atoms with Crippen LogP contribution >= 0.6 is 0 Å². The van der Waals surface area contributed by atoms with Gasteiger partial charge in [0.25, 0.3) is 0 Å². The molecule has 126 valence electrons. The Bertz CT molecular complexity index is 537. The van der Waals surface area contributed by atoms with Crippen molar-refractivity contribution in [3.8, 4) is 0 Å². The number of nitrogens with zero attached hydrogens (tertiary/aromatic N) is 1. The molecule has 23 heavy (non-hydrogen) atoms. The molecule has 2 aliphatic heterocycles. The Kier molecular flexibility index (Phi) is 4.18. The van der Waals surface area contributed by atoms with Crippen LogP contribution in [0.5, 0.6) is 0 Å². The molecule has 0 radical (unpaired) electrons. The molecule has 1 aliphatic carbocycles. The summed E-state index contributed by atoms with van der Waals surface area (Å²) in [6, 6.07) is 8.54. The van der Waals surface area contributed by atoms with Gasteiger partial charge in [0.2, 0.25) is 0 Å². The van der Waals surface area contributed by atoms with Crippen LogP contribution in [-0.4, -0.2) is 42.1 Å². The fourth-order valence-corrected chi connectivity index (χ4v) is 4.28. The molecule has 3 fully saturated rings. The van der Waals surface area contributed by atoms with E-state index >= 15 is 0 Å². The van der Waals surface area contributed by atoms with Crippen LogP contribution in [-0.2, 0) is 21.6 Å². The molecule has 0 amide bonds. The molecule has 1 N–H and O–H groups in total. The van der Waals surface area contributed by atoms with Gasteiger partial charge in [-0.25, -0.2) is 0 Å². The van der Waals surface area contributed by atoms with E-state index in [1.807, 2.05) is 0 Å². The normalized spacial score (nSPS) is 26.8. The van der Waals surface area contributed by atoms with Crippen molar-refractivity contribution >= 4 is 0 Å². The van der Waals surface area contributed by atoms with Crippen LogP contribution in [0.3, 0.4) is 0 Å². The summed E-state index contributed by atoms with van der Waals surface area (Å²) in [7, 11) is 0. The highest BCUT2D eigenvalue weighted by Gasteiger charge is 2.46. The summed E-state index contributed by atoms with van der Waals surface area (Å²) in [6.45, 7) is 4.77. The third-order valence-electron chi connectivity index (χ3n) is 5.72. The molecule has 4 nitrogen and oxygen atoms in total. The average molecular weight is 317 g/mol. The Balaban J connectivity index is 1.46. The van der Waals surface area contributed by atoms with Gasteiger partial charge < -0.3 is 14.6 Å². The lowest BCUT2D eigenvalue weighted by atomic mass is 9.77. The summed E-state index contributed by atoms with van der Waals surface area (Å²) in [6.07, 6.45) is 5.59. The lowest BCUT2D eigenvalue weighted by molar-refractivity contribution is -0.204. The van der Waals surface area contributed by atoms with Crippen LogP contribution in [0.15, 0.2) is 24.3 Å². The molecular formula is C19H27NO3. The lowest BCUT2D eigenvalue weighted by Gasteiger charge is -2.41. The molecule has 1 aromatic rings. The molecule has 0 atom stereocenters. The molecular weight excluding hydrogens is 290 g/mol. The average Bonchev–Trinajstić information content (AvgIpc) is 3.24. The highest BCUT2D eigenvalue weighted by atomic mass is 16.7. The Labute approximate surface area is 138 Å². The van der Waals surface area contributed by atoms with Gasteiger partial charge in [-0.1, -0.05) is 24.3 Å². The van der Waals surface area contributed by atoms with E-state index in [-0.39, 0.29) is 0 Å². The Morgan fingerprint density at radius 2 is 1.70 bits per heavy atom. The van der Waals surface area contributed by atoms with Crippen LogP contribution in [0.4, 0.5) is 0 Å². The number of likely N-dealkylation sites (tertiary alicyclic amines) is 1. The van der Waals surface area contributed by atoms with Crippen molar-refractivity contribution in [1.82, 2.24) is 4.90 Å². The number of hydrogen-bond acceptors (Lipinski definition) is 4. The number of rotatable bonds is 3. The zero-order chi connectivity index (χ0) is 15.8. The van der Waals surface area contributed by atoms with Crippen LogP contribution in [0.25, 0.3) is 0 Å². The molecule has 2 saturated heterocycles. The maximum atomic E-state index is 11.1. The largest absolute Gasteiger partial charge is 0.385 e. The van der Waals surface area contributed by atoms with Crippen molar-refractivity contribution in [3.63, 3.8) is 0 Å².